The number of hydrogen-bond acceptors (Lipinski definition) is 3. The Morgan fingerprint density at radius 2 is 2.38 bits per heavy atom. The molecule has 13 heavy (non-hydrogen) atoms. The van der Waals surface area contributed by atoms with Crippen molar-refractivity contribution in [2.45, 2.75) is 19.3 Å². The number of carbonyl (C=O) groups is 1. The molecule has 0 aliphatic carbocycles. The lowest BCUT2D eigenvalue weighted by Gasteiger charge is -2.01. The van der Waals surface area contributed by atoms with E-state index in [1.807, 2.05) is 18.2 Å². The molecule has 0 radical (unpaired) electrons. The van der Waals surface area contributed by atoms with Crippen molar-refractivity contribution in [1.82, 2.24) is 4.98 Å². The summed E-state index contributed by atoms with van der Waals surface area (Å²) in [5.41, 5.74) is 0.973. The number of nitrogens with zero attached hydrogens (tertiary/aromatic N) is 1. The lowest BCUT2D eigenvalue weighted by atomic mass is 10.2. The van der Waals surface area contributed by atoms with Gasteiger partial charge in [0.1, 0.15) is 6.29 Å². The van der Waals surface area contributed by atoms with Crippen LogP contribution in [0.5, 0.6) is 5.88 Å². The first-order valence-corrected chi connectivity index (χ1v) is 4.30. The van der Waals surface area contributed by atoms with E-state index in [2.05, 4.69) is 4.98 Å². The van der Waals surface area contributed by atoms with Crippen molar-refractivity contribution in [2.75, 3.05) is 7.11 Å². The molecule has 0 aromatic carbocycles. The Morgan fingerprint density at radius 1 is 1.54 bits per heavy atom. The molecular weight excluding hydrogens is 166 g/mol. The van der Waals surface area contributed by atoms with Gasteiger partial charge in [-0.1, -0.05) is 6.07 Å². The molecule has 0 N–H and O–H groups in total. The summed E-state index contributed by atoms with van der Waals surface area (Å²) in [7, 11) is 1.59. The van der Waals surface area contributed by atoms with Gasteiger partial charge in [0.2, 0.25) is 5.88 Å². The number of carbonyl (C=O) groups excluding carboxylic acids is 1. The molecule has 1 rings (SSSR count). The van der Waals surface area contributed by atoms with Crippen LogP contribution >= 0.6 is 0 Å². The highest BCUT2D eigenvalue weighted by Crippen LogP contribution is 2.08. The molecule has 1 aromatic rings. The number of rotatable bonds is 5. The topological polar surface area (TPSA) is 39.2 Å². The number of methoxy groups -OCH3 is 1. The van der Waals surface area contributed by atoms with Crippen LogP contribution in [0.4, 0.5) is 0 Å². The first-order valence-electron chi connectivity index (χ1n) is 4.30. The molecular formula is C10H13NO2. The number of pyridine rings is 1. The van der Waals surface area contributed by atoms with Crippen LogP contribution in [0, 0.1) is 0 Å². The second kappa shape index (κ2) is 5.30. The van der Waals surface area contributed by atoms with Gasteiger partial charge in [-0.2, -0.15) is 0 Å². The fourth-order valence-electron chi connectivity index (χ4n) is 1.08. The molecule has 0 aliphatic rings. The standard InChI is InChI=1S/C10H13NO2/c1-13-10-7-4-6-9(11-10)5-2-3-8-12/h4,6-8H,2-3,5H2,1H3. The summed E-state index contributed by atoms with van der Waals surface area (Å²) in [6.45, 7) is 0. The summed E-state index contributed by atoms with van der Waals surface area (Å²) in [6, 6.07) is 5.65. The van der Waals surface area contributed by atoms with Gasteiger partial charge >= 0.3 is 0 Å². The number of unbranched alkanes of at least 4 members (excludes halogenated alkanes) is 1. The predicted octanol–water partition coefficient (Wildman–Crippen LogP) is 1.61. The Kier molecular flexibility index (Phi) is 3.96. The summed E-state index contributed by atoms with van der Waals surface area (Å²) < 4.78 is 4.98. The average Bonchev–Trinajstić information content (AvgIpc) is 2.19. The molecule has 0 spiro atoms. The van der Waals surface area contributed by atoms with Crippen LogP contribution in [0.1, 0.15) is 18.5 Å². The summed E-state index contributed by atoms with van der Waals surface area (Å²) in [6.07, 6.45) is 3.21. The summed E-state index contributed by atoms with van der Waals surface area (Å²) in [5, 5.41) is 0. The normalized spacial score (nSPS) is 9.62. The van der Waals surface area contributed by atoms with Crippen LogP contribution in [-0.4, -0.2) is 18.4 Å². The Bertz CT molecular complexity index is 273. The van der Waals surface area contributed by atoms with Crippen molar-refractivity contribution in [3.63, 3.8) is 0 Å². The van der Waals surface area contributed by atoms with Crippen molar-refractivity contribution in [3.8, 4) is 5.88 Å². The minimum atomic E-state index is 0.596. The molecule has 1 aromatic heterocycles. The zero-order chi connectivity index (χ0) is 9.52. The molecule has 0 amide bonds. The van der Waals surface area contributed by atoms with Crippen LogP contribution in [0.3, 0.4) is 0 Å². The second-order valence-corrected chi connectivity index (χ2v) is 2.73. The molecule has 3 heteroatoms. The van der Waals surface area contributed by atoms with Crippen molar-refractivity contribution >= 4 is 6.29 Å². The molecule has 0 aliphatic heterocycles. The van der Waals surface area contributed by atoms with E-state index in [1.54, 1.807) is 7.11 Å². The Hall–Kier alpha value is -1.38. The van der Waals surface area contributed by atoms with E-state index in [0.29, 0.717) is 12.3 Å². The van der Waals surface area contributed by atoms with E-state index in [1.165, 1.54) is 0 Å². The van der Waals surface area contributed by atoms with E-state index < -0.39 is 0 Å². The van der Waals surface area contributed by atoms with Crippen LogP contribution < -0.4 is 4.74 Å². The fourth-order valence-corrected chi connectivity index (χ4v) is 1.08. The zero-order valence-electron chi connectivity index (χ0n) is 7.69. The van der Waals surface area contributed by atoms with Crippen LogP contribution in [0.2, 0.25) is 0 Å². The highest BCUT2D eigenvalue weighted by atomic mass is 16.5. The first kappa shape index (κ1) is 9.71. The van der Waals surface area contributed by atoms with Gasteiger partial charge < -0.3 is 9.53 Å². The quantitative estimate of drug-likeness (QED) is 0.509. The highest BCUT2D eigenvalue weighted by Gasteiger charge is 1.96. The smallest absolute Gasteiger partial charge is 0.213 e. The Morgan fingerprint density at radius 3 is 3.08 bits per heavy atom. The summed E-state index contributed by atoms with van der Waals surface area (Å²) >= 11 is 0. The number of aryl methyl sites for hydroxylation is 1. The maximum absolute atomic E-state index is 10.1. The van der Waals surface area contributed by atoms with Gasteiger partial charge in [0.25, 0.3) is 0 Å². The second-order valence-electron chi connectivity index (χ2n) is 2.73. The van der Waals surface area contributed by atoms with Crippen LogP contribution in [0.25, 0.3) is 0 Å². The number of hydrogen-bond donors (Lipinski definition) is 0. The molecule has 0 saturated heterocycles. The predicted molar refractivity (Wildman–Crippen MR) is 49.8 cm³/mol. The maximum Gasteiger partial charge on any atom is 0.213 e. The molecule has 0 saturated carbocycles. The molecule has 1 heterocycles. The molecule has 0 bridgehead atoms. The van der Waals surface area contributed by atoms with E-state index in [9.17, 15) is 4.79 Å². The average molecular weight is 179 g/mol. The van der Waals surface area contributed by atoms with Gasteiger partial charge in [0.15, 0.2) is 0 Å². The number of aldehydes is 1. The molecule has 70 valence electrons. The highest BCUT2D eigenvalue weighted by molar-refractivity contribution is 5.49. The Balaban J connectivity index is 2.50. The van der Waals surface area contributed by atoms with E-state index in [0.717, 1.165) is 24.8 Å². The molecule has 3 nitrogen and oxygen atoms in total. The number of ether oxygens (including phenoxy) is 1. The van der Waals surface area contributed by atoms with E-state index in [-0.39, 0.29) is 0 Å². The lowest BCUT2D eigenvalue weighted by Crippen LogP contribution is -1.93. The monoisotopic (exact) mass is 179 g/mol. The van der Waals surface area contributed by atoms with Crippen molar-refractivity contribution in [1.29, 1.82) is 0 Å². The van der Waals surface area contributed by atoms with Gasteiger partial charge in [0, 0.05) is 18.2 Å². The first-order chi connectivity index (χ1) is 6.36. The van der Waals surface area contributed by atoms with E-state index >= 15 is 0 Å². The van der Waals surface area contributed by atoms with Gasteiger partial charge in [-0.25, -0.2) is 4.98 Å². The van der Waals surface area contributed by atoms with Gasteiger partial charge in [-0.3, -0.25) is 0 Å². The van der Waals surface area contributed by atoms with Crippen molar-refractivity contribution in [2.24, 2.45) is 0 Å². The van der Waals surface area contributed by atoms with Gasteiger partial charge in [-0.05, 0) is 18.9 Å². The van der Waals surface area contributed by atoms with Gasteiger partial charge in [-0.15, -0.1) is 0 Å². The van der Waals surface area contributed by atoms with Crippen molar-refractivity contribution in [3.05, 3.63) is 23.9 Å². The largest absolute Gasteiger partial charge is 0.481 e. The number of aromatic nitrogens is 1. The van der Waals surface area contributed by atoms with Crippen molar-refractivity contribution < 1.29 is 9.53 Å². The lowest BCUT2D eigenvalue weighted by molar-refractivity contribution is -0.107. The SMILES string of the molecule is COc1cccc(CCCC=O)n1. The third kappa shape index (κ3) is 3.23. The minimum Gasteiger partial charge on any atom is -0.481 e. The third-order valence-electron chi connectivity index (χ3n) is 1.75. The van der Waals surface area contributed by atoms with Crippen LogP contribution in [-0.2, 0) is 11.2 Å². The fraction of sp³-hybridized carbons (Fsp3) is 0.400. The summed E-state index contributed by atoms with van der Waals surface area (Å²) in [5.74, 6) is 0.628. The maximum atomic E-state index is 10.1. The van der Waals surface area contributed by atoms with E-state index in [4.69, 9.17) is 4.74 Å². The Labute approximate surface area is 77.8 Å². The minimum absolute atomic E-state index is 0.596. The molecule has 0 atom stereocenters. The molecule has 0 fully saturated rings. The van der Waals surface area contributed by atoms with Gasteiger partial charge in [0.05, 0.1) is 7.11 Å². The third-order valence-corrected chi connectivity index (χ3v) is 1.75. The summed E-state index contributed by atoms with van der Waals surface area (Å²) in [4.78, 5) is 14.3. The zero-order valence-corrected chi connectivity index (χ0v) is 7.69. The van der Waals surface area contributed by atoms with Crippen LogP contribution in [0.15, 0.2) is 18.2 Å². The molecule has 0 unspecified atom stereocenters.